The van der Waals surface area contributed by atoms with Crippen molar-refractivity contribution in [3.05, 3.63) is 64.5 Å². The Bertz CT molecular complexity index is 1150. The summed E-state index contributed by atoms with van der Waals surface area (Å²) < 4.78 is 40.7. The molecule has 0 unspecified atom stereocenters. The number of carbonyl (C=O) groups is 1. The van der Waals surface area contributed by atoms with Crippen molar-refractivity contribution < 1.29 is 27.6 Å². The van der Waals surface area contributed by atoms with Crippen LogP contribution >= 0.6 is 22.9 Å². The fraction of sp³-hybridized carbons (Fsp3) is 0.360. The van der Waals surface area contributed by atoms with Gasteiger partial charge in [-0.1, -0.05) is 29.8 Å². The van der Waals surface area contributed by atoms with E-state index in [0.29, 0.717) is 33.3 Å². The number of anilines is 2. The molecule has 188 valence electrons. The number of benzene rings is 2. The Labute approximate surface area is 212 Å². The number of alkyl halides is 3. The van der Waals surface area contributed by atoms with Crippen LogP contribution in [-0.2, 0) is 11.0 Å². The number of aliphatic hydroxyl groups excluding tert-OH is 1. The molecule has 0 atom stereocenters. The third-order valence-electron chi connectivity index (χ3n) is 5.59. The number of rotatable bonds is 10. The van der Waals surface area contributed by atoms with E-state index in [1.807, 2.05) is 20.2 Å². The van der Waals surface area contributed by atoms with E-state index in [1.54, 1.807) is 23.6 Å². The number of halogens is 4. The Kier molecular flexibility index (Phi) is 8.93. The molecule has 0 aliphatic rings. The maximum Gasteiger partial charge on any atom is 0.416 e. The lowest BCUT2D eigenvalue weighted by atomic mass is 10.1. The monoisotopic (exact) mass is 526 g/mol. The van der Waals surface area contributed by atoms with Crippen molar-refractivity contribution in [2.75, 3.05) is 38.7 Å². The Morgan fingerprint density at radius 2 is 1.86 bits per heavy atom. The number of thiazole rings is 1. The molecule has 1 amide bonds. The van der Waals surface area contributed by atoms with Gasteiger partial charge in [0.25, 0.3) is 0 Å². The van der Waals surface area contributed by atoms with Crippen LogP contribution in [0.4, 0.5) is 24.0 Å². The van der Waals surface area contributed by atoms with Crippen LogP contribution < -0.4 is 4.90 Å². The molecule has 1 heterocycles. The predicted molar refractivity (Wildman–Crippen MR) is 134 cm³/mol. The van der Waals surface area contributed by atoms with Crippen molar-refractivity contribution >= 4 is 39.7 Å². The van der Waals surface area contributed by atoms with Crippen LogP contribution in [0.15, 0.2) is 53.9 Å². The number of quaternary nitrogens is 1. The van der Waals surface area contributed by atoms with Gasteiger partial charge in [0.2, 0.25) is 5.91 Å². The second kappa shape index (κ2) is 11.5. The van der Waals surface area contributed by atoms with Gasteiger partial charge in [-0.3, -0.25) is 9.69 Å². The van der Waals surface area contributed by atoms with Crippen molar-refractivity contribution in [3.8, 4) is 11.3 Å². The highest BCUT2D eigenvalue weighted by Crippen LogP contribution is 2.37. The molecule has 10 heteroatoms. The molecule has 35 heavy (non-hydrogen) atoms. The smallest absolute Gasteiger partial charge is 0.391 e. The Hall–Kier alpha value is -2.46. The minimum Gasteiger partial charge on any atom is -0.391 e. The summed E-state index contributed by atoms with van der Waals surface area (Å²) in [5, 5.41) is 11.8. The molecule has 3 rings (SSSR count). The highest BCUT2D eigenvalue weighted by molar-refractivity contribution is 7.14. The van der Waals surface area contributed by atoms with Gasteiger partial charge < -0.3 is 9.59 Å². The van der Waals surface area contributed by atoms with Crippen LogP contribution in [0.3, 0.4) is 0 Å². The number of carbonyl (C=O) groups excluding carboxylic acids is 1. The zero-order valence-corrected chi connectivity index (χ0v) is 21.1. The number of aromatic nitrogens is 1. The molecule has 2 aromatic carbocycles. The van der Waals surface area contributed by atoms with Crippen LogP contribution in [0.2, 0.25) is 5.02 Å². The van der Waals surface area contributed by atoms with Gasteiger partial charge in [-0.05, 0) is 43.2 Å². The molecule has 0 saturated carbocycles. The van der Waals surface area contributed by atoms with Gasteiger partial charge in [0, 0.05) is 22.4 Å². The number of nitrogens with zero attached hydrogens (tertiary/aromatic N) is 3. The standard InChI is InChI=1S/C25H28ClF3N3O2S/c1-32(2,13-14-33)12-4-3-11-23(34)31(21-10-6-8-19(16-21)25(27,28)29)24-30-22(17-35-24)18-7-5-9-20(26)15-18/h5-10,15-17,33H,3-4,11-14H2,1-2H3/q+1. The average molecular weight is 527 g/mol. The van der Waals surface area contributed by atoms with Gasteiger partial charge in [-0.25, -0.2) is 4.98 Å². The number of aliphatic hydroxyl groups is 1. The average Bonchev–Trinajstić information content (AvgIpc) is 3.26. The molecule has 0 spiro atoms. The second-order valence-electron chi connectivity index (χ2n) is 8.87. The SMILES string of the molecule is C[N+](C)(CCO)CCCCC(=O)N(c1cccc(C(F)(F)F)c1)c1nc(-c2cccc(Cl)c2)cs1. The normalized spacial score (nSPS) is 12.1. The van der Waals surface area contributed by atoms with Gasteiger partial charge >= 0.3 is 6.18 Å². The summed E-state index contributed by atoms with van der Waals surface area (Å²) in [6.45, 7) is 1.46. The number of hydrogen-bond acceptors (Lipinski definition) is 4. The fourth-order valence-electron chi connectivity index (χ4n) is 3.64. The summed E-state index contributed by atoms with van der Waals surface area (Å²) in [6, 6.07) is 11.8. The molecule has 0 radical (unpaired) electrons. The molecule has 0 aliphatic carbocycles. The first-order valence-corrected chi connectivity index (χ1v) is 12.4. The molecule has 0 bridgehead atoms. The Balaban J connectivity index is 1.87. The maximum absolute atomic E-state index is 13.4. The van der Waals surface area contributed by atoms with E-state index in [2.05, 4.69) is 4.98 Å². The van der Waals surface area contributed by atoms with Crippen molar-refractivity contribution in [2.24, 2.45) is 0 Å². The van der Waals surface area contributed by atoms with Gasteiger partial charge in [0.1, 0.15) is 6.54 Å². The summed E-state index contributed by atoms with van der Waals surface area (Å²) >= 11 is 7.27. The second-order valence-corrected chi connectivity index (χ2v) is 10.1. The van der Waals surface area contributed by atoms with Crippen molar-refractivity contribution in [1.29, 1.82) is 0 Å². The third kappa shape index (κ3) is 7.51. The lowest BCUT2D eigenvalue weighted by molar-refractivity contribution is -0.890. The number of hydrogen-bond donors (Lipinski definition) is 1. The largest absolute Gasteiger partial charge is 0.416 e. The molecule has 5 nitrogen and oxygen atoms in total. The lowest BCUT2D eigenvalue weighted by Crippen LogP contribution is -2.42. The summed E-state index contributed by atoms with van der Waals surface area (Å²) in [4.78, 5) is 19.1. The van der Waals surface area contributed by atoms with Gasteiger partial charge in [-0.15, -0.1) is 11.3 Å². The number of amides is 1. The first-order valence-electron chi connectivity index (χ1n) is 11.1. The molecule has 0 aliphatic heterocycles. The zero-order chi connectivity index (χ0) is 25.6. The van der Waals surface area contributed by atoms with E-state index in [9.17, 15) is 23.1 Å². The van der Waals surface area contributed by atoms with E-state index in [1.165, 1.54) is 28.4 Å². The summed E-state index contributed by atoms with van der Waals surface area (Å²) in [6.07, 6.45) is -3.08. The quantitative estimate of drug-likeness (QED) is 0.246. The highest BCUT2D eigenvalue weighted by atomic mass is 35.5. The molecule has 0 fully saturated rings. The van der Waals surface area contributed by atoms with Gasteiger partial charge in [0.15, 0.2) is 5.13 Å². The summed E-state index contributed by atoms with van der Waals surface area (Å²) in [5.41, 5.74) is 0.622. The fourth-order valence-corrected chi connectivity index (χ4v) is 4.70. The Morgan fingerprint density at radius 3 is 2.54 bits per heavy atom. The van der Waals surface area contributed by atoms with E-state index < -0.39 is 11.7 Å². The minimum absolute atomic E-state index is 0.0776. The molecule has 0 saturated heterocycles. The van der Waals surface area contributed by atoms with Crippen molar-refractivity contribution in [3.63, 3.8) is 0 Å². The summed E-state index contributed by atoms with van der Waals surface area (Å²) in [5.74, 6) is -0.330. The number of unbranched alkanes of at least 4 members (excludes halogenated alkanes) is 1. The Morgan fingerprint density at radius 1 is 1.11 bits per heavy atom. The van der Waals surface area contributed by atoms with E-state index in [4.69, 9.17) is 11.6 Å². The summed E-state index contributed by atoms with van der Waals surface area (Å²) in [7, 11) is 4.00. The molecular weight excluding hydrogens is 499 g/mol. The van der Waals surface area contributed by atoms with Crippen LogP contribution in [-0.4, -0.2) is 54.3 Å². The van der Waals surface area contributed by atoms with Crippen LogP contribution in [0, 0.1) is 0 Å². The van der Waals surface area contributed by atoms with Gasteiger partial charge in [0.05, 0.1) is 44.2 Å². The maximum atomic E-state index is 13.4. The van der Waals surface area contributed by atoms with E-state index in [-0.39, 0.29) is 24.6 Å². The van der Waals surface area contributed by atoms with E-state index >= 15 is 0 Å². The first-order chi connectivity index (χ1) is 16.5. The minimum atomic E-state index is -4.53. The predicted octanol–water partition coefficient (Wildman–Crippen LogP) is 6.39. The zero-order valence-electron chi connectivity index (χ0n) is 19.6. The van der Waals surface area contributed by atoms with Crippen LogP contribution in [0.5, 0.6) is 0 Å². The van der Waals surface area contributed by atoms with Crippen LogP contribution in [0.25, 0.3) is 11.3 Å². The molecular formula is C25H28ClF3N3O2S+. The van der Waals surface area contributed by atoms with Crippen LogP contribution in [0.1, 0.15) is 24.8 Å². The topological polar surface area (TPSA) is 53.4 Å². The highest BCUT2D eigenvalue weighted by Gasteiger charge is 2.32. The first kappa shape index (κ1) is 27.1. The molecule has 1 aromatic heterocycles. The molecule has 3 aromatic rings. The number of likely N-dealkylation sites (N-methyl/N-ethyl adjacent to an activating group) is 1. The van der Waals surface area contributed by atoms with Gasteiger partial charge in [-0.2, -0.15) is 13.2 Å². The lowest BCUT2D eigenvalue weighted by Gasteiger charge is -2.29. The third-order valence-corrected chi connectivity index (χ3v) is 6.66. The van der Waals surface area contributed by atoms with Crippen molar-refractivity contribution in [1.82, 2.24) is 4.98 Å². The van der Waals surface area contributed by atoms with E-state index in [0.717, 1.165) is 30.7 Å². The molecule has 1 N–H and O–H groups in total. The van der Waals surface area contributed by atoms with Crippen molar-refractivity contribution in [2.45, 2.75) is 25.4 Å².